The van der Waals surface area contributed by atoms with Crippen LogP contribution >= 0.6 is 12.2 Å². The maximum atomic E-state index is 5.26. The highest BCUT2D eigenvalue weighted by atomic mass is 32.1. The minimum atomic E-state index is 0.875. The molecule has 0 aromatic rings. The maximum Gasteiger partial charge on any atom is -0.00377 e. The fourth-order valence-electron chi connectivity index (χ4n) is 2.32. The van der Waals surface area contributed by atoms with Crippen molar-refractivity contribution in [1.29, 1.82) is 0 Å². The summed E-state index contributed by atoms with van der Waals surface area (Å²) in [6.45, 7) is 0. The van der Waals surface area contributed by atoms with Crippen molar-refractivity contribution in [2.75, 3.05) is 0 Å². The summed E-state index contributed by atoms with van der Waals surface area (Å²) >= 11 is 5.26. The molecule has 2 aliphatic carbocycles. The van der Waals surface area contributed by atoms with Gasteiger partial charge in [0.15, 0.2) is 0 Å². The largest absolute Gasteiger partial charge is 0.0894 e. The normalized spacial score (nSPS) is 41.6. The van der Waals surface area contributed by atoms with E-state index in [2.05, 4.69) is 0 Å². The van der Waals surface area contributed by atoms with Gasteiger partial charge < -0.3 is 0 Å². The van der Waals surface area contributed by atoms with E-state index in [4.69, 9.17) is 12.2 Å². The predicted octanol–water partition coefficient (Wildman–Crippen LogP) is 2.57. The van der Waals surface area contributed by atoms with Crippen LogP contribution in [0.1, 0.15) is 32.1 Å². The van der Waals surface area contributed by atoms with Crippen molar-refractivity contribution in [1.82, 2.24) is 0 Å². The zero-order chi connectivity index (χ0) is 6.27. The van der Waals surface area contributed by atoms with Gasteiger partial charge in [0.2, 0.25) is 0 Å². The summed E-state index contributed by atoms with van der Waals surface area (Å²) in [4.78, 5) is 1.39. The van der Waals surface area contributed by atoms with Gasteiger partial charge in [0.1, 0.15) is 0 Å². The lowest BCUT2D eigenvalue weighted by Crippen LogP contribution is -2.04. The third kappa shape index (κ3) is 0.823. The fourth-order valence-corrected chi connectivity index (χ4v) is 2.75. The Morgan fingerprint density at radius 1 is 1.22 bits per heavy atom. The zero-order valence-corrected chi connectivity index (χ0v) is 6.41. The molecule has 0 amide bonds. The van der Waals surface area contributed by atoms with Gasteiger partial charge in [0.05, 0.1) is 0 Å². The van der Waals surface area contributed by atoms with Gasteiger partial charge in [0.25, 0.3) is 0 Å². The Labute approximate surface area is 61.6 Å². The van der Waals surface area contributed by atoms with Crippen molar-refractivity contribution in [3.8, 4) is 0 Å². The van der Waals surface area contributed by atoms with Crippen LogP contribution in [0.3, 0.4) is 0 Å². The number of hydrogen-bond donors (Lipinski definition) is 0. The Hall–Kier alpha value is 0.0900. The molecular formula is C8H12S. The van der Waals surface area contributed by atoms with Crippen LogP contribution in [0.15, 0.2) is 0 Å². The second-order valence-electron chi connectivity index (χ2n) is 3.30. The van der Waals surface area contributed by atoms with Gasteiger partial charge >= 0.3 is 0 Å². The Morgan fingerprint density at radius 2 is 2.11 bits per heavy atom. The average Bonchev–Trinajstić information content (AvgIpc) is 2.35. The van der Waals surface area contributed by atoms with E-state index in [1.54, 1.807) is 0 Å². The molecule has 2 unspecified atom stereocenters. The van der Waals surface area contributed by atoms with Crippen LogP contribution in [0.4, 0.5) is 0 Å². The smallest absolute Gasteiger partial charge is 0.00377 e. The Bertz CT molecular complexity index is 140. The second kappa shape index (κ2) is 2.05. The number of thiocarbonyl (C=S) groups is 1. The number of hydrogen-bond acceptors (Lipinski definition) is 1. The molecule has 0 bridgehead atoms. The van der Waals surface area contributed by atoms with Gasteiger partial charge in [-0.25, -0.2) is 0 Å². The van der Waals surface area contributed by atoms with E-state index in [0.29, 0.717) is 0 Å². The molecule has 0 heterocycles. The summed E-state index contributed by atoms with van der Waals surface area (Å²) in [5, 5.41) is 0. The minimum Gasteiger partial charge on any atom is -0.0894 e. The molecule has 1 heteroatoms. The van der Waals surface area contributed by atoms with Crippen LogP contribution in [0.5, 0.6) is 0 Å². The summed E-state index contributed by atoms with van der Waals surface area (Å²) < 4.78 is 0. The van der Waals surface area contributed by atoms with Crippen LogP contribution < -0.4 is 0 Å². The van der Waals surface area contributed by atoms with E-state index in [-0.39, 0.29) is 0 Å². The third-order valence-corrected chi connectivity index (χ3v) is 3.34. The number of fused-ring (bicyclic) bond motifs is 1. The van der Waals surface area contributed by atoms with Gasteiger partial charge in [-0.05, 0) is 42.4 Å². The van der Waals surface area contributed by atoms with Crippen LogP contribution in [0, 0.1) is 11.8 Å². The van der Waals surface area contributed by atoms with E-state index in [0.717, 1.165) is 11.8 Å². The van der Waals surface area contributed by atoms with Gasteiger partial charge in [-0.2, -0.15) is 0 Å². The van der Waals surface area contributed by atoms with Crippen molar-refractivity contribution in [2.24, 2.45) is 11.8 Å². The molecule has 0 saturated heterocycles. The minimum absolute atomic E-state index is 0.875. The van der Waals surface area contributed by atoms with Gasteiger partial charge in [0, 0.05) is 0 Å². The molecular weight excluding hydrogens is 128 g/mol. The molecule has 2 rings (SSSR count). The molecule has 0 N–H and O–H groups in total. The lowest BCUT2D eigenvalue weighted by atomic mass is 10.0. The first-order valence-corrected chi connectivity index (χ1v) is 4.31. The standard InChI is InChI=1S/C8H12S/c9-8-5-4-6-2-1-3-7(6)8/h6-7H,1-5H2. The molecule has 2 aliphatic rings. The molecule has 0 aliphatic heterocycles. The highest BCUT2D eigenvalue weighted by Gasteiger charge is 2.34. The summed E-state index contributed by atoms with van der Waals surface area (Å²) in [5.41, 5.74) is 0. The van der Waals surface area contributed by atoms with Crippen molar-refractivity contribution < 1.29 is 0 Å². The van der Waals surface area contributed by atoms with Crippen molar-refractivity contribution in [3.05, 3.63) is 0 Å². The zero-order valence-electron chi connectivity index (χ0n) is 5.60. The van der Waals surface area contributed by atoms with E-state index in [1.165, 1.54) is 37.0 Å². The molecule has 0 radical (unpaired) electrons. The van der Waals surface area contributed by atoms with Crippen LogP contribution in [0.25, 0.3) is 0 Å². The lowest BCUT2D eigenvalue weighted by Gasteiger charge is -2.05. The fraction of sp³-hybridized carbons (Fsp3) is 0.875. The highest BCUT2D eigenvalue weighted by Crippen LogP contribution is 2.42. The van der Waals surface area contributed by atoms with E-state index in [1.807, 2.05) is 0 Å². The number of rotatable bonds is 0. The molecule has 2 atom stereocenters. The predicted molar refractivity (Wildman–Crippen MR) is 42.7 cm³/mol. The third-order valence-electron chi connectivity index (χ3n) is 2.83. The van der Waals surface area contributed by atoms with Crippen molar-refractivity contribution in [2.45, 2.75) is 32.1 Å². The molecule has 0 spiro atoms. The van der Waals surface area contributed by atoms with Crippen LogP contribution in [0.2, 0.25) is 0 Å². The van der Waals surface area contributed by atoms with Crippen LogP contribution in [-0.2, 0) is 0 Å². The molecule has 9 heavy (non-hydrogen) atoms. The first-order chi connectivity index (χ1) is 4.38. The SMILES string of the molecule is S=C1CCC2CCCC12. The van der Waals surface area contributed by atoms with E-state index < -0.39 is 0 Å². The molecule has 0 aromatic heterocycles. The molecule has 0 aromatic carbocycles. The molecule has 2 saturated carbocycles. The maximum absolute atomic E-state index is 5.26. The summed E-state index contributed by atoms with van der Waals surface area (Å²) in [5.74, 6) is 1.89. The quantitative estimate of drug-likeness (QED) is 0.466. The Morgan fingerprint density at radius 3 is 2.89 bits per heavy atom. The molecule has 50 valence electrons. The van der Waals surface area contributed by atoms with Gasteiger partial charge in [-0.1, -0.05) is 18.6 Å². The van der Waals surface area contributed by atoms with Crippen molar-refractivity contribution in [3.63, 3.8) is 0 Å². The summed E-state index contributed by atoms with van der Waals surface area (Å²) in [6.07, 6.45) is 6.97. The van der Waals surface area contributed by atoms with Gasteiger partial charge in [-0.15, -0.1) is 0 Å². The van der Waals surface area contributed by atoms with Crippen molar-refractivity contribution >= 4 is 17.1 Å². The second-order valence-corrected chi connectivity index (χ2v) is 3.83. The Kier molecular flexibility index (Phi) is 1.33. The Balaban J connectivity index is 2.15. The first-order valence-electron chi connectivity index (χ1n) is 3.90. The highest BCUT2D eigenvalue weighted by molar-refractivity contribution is 7.80. The summed E-state index contributed by atoms with van der Waals surface area (Å²) in [6, 6.07) is 0. The topological polar surface area (TPSA) is 0 Å². The molecule has 0 nitrogen and oxygen atoms in total. The van der Waals surface area contributed by atoms with Crippen LogP contribution in [-0.4, -0.2) is 4.86 Å². The first kappa shape index (κ1) is 5.84. The monoisotopic (exact) mass is 140 g/mol. The average molecular weight is 140 g/mol. The molecule has 2 fully saturated rings. The van der Waals surface area contributed by atoms with E-state index >= 15 is 0 Å². The van der Waals surface area contributed by atoms with Gasteiger partial charge in [-0.3, -0.25) is 0 Å². The summed E-state index contributed by atoms with van der Waals surface area (Å²) in [7, 11) is 0. The lowest BCUT2D eigenvalue weighted by molar-refractivity contribution is 0.506. The van der Waals surface area contributed by atoms with E-state index in [9.17, 15) is 0 Å².